The van der Waals surface area contributed by atoms with Crippen molar-refractivity contribution in [3.63, 3.8) is 0 Å². The Morgan fingerprint density at radius 3 is 2.45 bits per heavy atom. The zero-order valence-corrected chi connectivity index (χ0v) is 21.5. The quantitative estimate of drug-likeness (QED) is 0.225. The summed E-state index contributed by atoms with van der Waals surface area (Å²) >= 11 is 0. The standard InChI is InChI=1S/C23H24FNO2.C5H5B2FNO2/c1-2-3-16-4-6-17(7-5-16)18-8-10-19(11-9-18)23(26)27-21-13-12-20(15-25)22(24)14-21;1-7(9)11-6-4-2-3-5-10-8/h8-14,16-17H,2-7H2,1H3;9H2,1H3. The Kier molecular flexibility index (Phi) is 13.5. The van der Waals surface area contributed by atoms with Crippen LogP contribution in [0.4, 0.5) is 8.92 Å². The number of carbonyl (C=O) groups excluding carboxylic acids is 1. The summed E-state index contributed by atoms with van der Waals surface area (Å²) in [5, 5.41) is 8.75. The Balaban J connectivity index is 0.000000391. The molecule has 10 heteroatoms. The predicted octanol–water partition coefficient (Wildman–Crippen LogP) is 5.51. The number of benzene rings is 2. The van der Waals surface area contributed by atoms with E-state index in [4.69, 9.17) is 20.2 Å². The number of halogens is 2. The van der Waals surface area contributed by atoms with E-state index >= 15 is 0 Å². The Hall–Kier alpha value is -3.77. The van der Waals surface area contributed by atoms with Gasteiger partial charge < -0.3 is 15.0 Å². The molecular formula is C28H29B2F2N2O4. The first-order valence-electron chi connectivity index (χ1n) is 12.4. The van der Waals surface area contributed by atoms with Crippen molar-refractivity contribution in [2.45, 2.75) is 58.2 Å². The lowest BCUT2D eigenvalue weighted by atomic mass is 9.77. The average molecular weight is 517 g/mol. The molecule has 1 aliphatic carbocycles. The number of hydrogen-bond acceptors (Lipinski definition) is 6. The minimum atomic E-state index is -0.697. The number of nitriles is 1. The molecule has 1 saturated carbocycles. The SMILES string of the molecule is CB(N)O[B]C#CC#COF.CCCC1CCC(c2ccc(C(=O)Oc3ccc(C#N)c(F)c3)cc2)CC1. The van der Waals surface area contributed by atoms with E-state index in [2.05, 4.69) is 23.6 Å². The van der Waals surface area contributed by atoms with Crippen molar-refractivity contribution in [1.29, 1.82) is 5.26 Å². The lowest BCUT2D eigenvalue weighted by molar-refractivity contribution is -0.0434. The molecule has 0 saturated heterocycles. The highest BCUT2D eigenvalue weighted by Crippen LogP contribution is 2.37. The summed E-state index contributed by atoms with van der Waals surface area (Å²) in [6.45, 7) is 3.89. The lowest BCUT2D eigenvalue weighted by Crippen LogP contribution is -2.26. The van der Waals surface area contributed by atoms with E-state index < -0.39 is 18.8 Å². The number of ether oxygens (including phenoxy) is 1. The summed E-state index contributed by atoms with van der Waals surface area (Å²) in [5.41, 5.74) is 6.82. The molecule has 0 aromatic heterocycles. The third-order valence-electron chi connectivity index (χ3n) is 6.00. The Morgan fingerprint density at radius 2 is 1.87 bits per heavy atom. The fourth-order valence-corrected chi connectivity index (χ4v) is 4.15. The first-order valence-corrected chi connectivity index (χ1v) is 12.4. The van der Waals surface area contributed by atoms with Crippen LogP contribution in [-0.2, 0) is 9.51 Å². The van der Waals surface area contributed by atoms with Crippen LogP contribution in [-0.4, -0.2) is 20.5 Å². The van der Waals surface area contributed by atoms with Gasteiger partial charge in [0.15, 0.2) is 6.11 Å². The van der Waals surface area contributed by atoms with Gasteiger partial charge in [0.25, 0.3) is 0 Å². The zero-order chi connectivity index (χ0) is 27.8. The molecule has 0 aliphatic heterocycles. The molecule has 0 atom stereocenters. The molecule has 3 rings (SSSR count). The van der Waals surface area contributed by atoms with E-state index in [1.54, 1.807) is 31.1 Å². The van der Waals surface area contributed by atoms with Gasteiger partial charge in [-0.05, 0) is 80.1 Å². The molecule has 38 heavy (non-hydrogen) atoms. The van der Waals surface area contributed by atoms with E-state index in [9.17, 15) is 13.7 Å². The van der Waals surface area contributed by atoms with Gasteiger partial charge >= 0.3 is 20.5 Å². The molecule has 0 bridgehead atoms. The Bertz CT molecular complexity index is 1200. The first-order chi connectivity index (χ1) is 18.4. The molecule has 6 nitrogen and oxygen atoms in total. The van der Waals surface area contributed by atoms with E-state index in [-0.39, 0.29) is 11.3 Å². The molecule has 1 fully saturated rings. The second-order valence-electron chi connectivity index (χ2n) is 8.80. The molecule has 195 valence electrons. The predicted molar refractivity (Wildman–Crippen MR) is 143 cm³/mol. The summed E-state index contributed by atoms with van der Waals surface area (Å²) in [6, 6.07) is 13.1. The molecule has 0 heterocycles. The van der Waals surface area contributed by atoms with E-state index in [1.165, 1.54) is 63.7 Å². The van der Waals surface area contributed by atoms with Gasteiger partial charge in [0, 0.05) is 16.5 Å². The van der Waals surface area contributed by atoms with Gasteiger partial charge in [-0.25, -0.2) is 14.1 Å². The highest BCUT2D eigenvalue weighted by molar-refractivity contribution is 6.57. The maximum Gasteiger partial charge on any atom is 0.378 e. The first kappa shape index (κ1) is 30.5. The zero-order valence-electron chi connectivity index (χ0n) is 21.5. The fourth-order valence-electron chi connectivity index (χ4n) is 4.15. The molecule has 1 radical (unpaired) electrons. The third kappa shape index (κ3) is 10.7. The summed E-state index contributed by atoms with van der Waals surface area (Å²) in [5.74, 6) is 6.93. The van der Waals surface area contributed by atoms with Crippen molar-refractivity contribution < 1.29 is 28.0 Å². The van der Waals surface area contributed by atoms with Crippen LogP contribution in [0.15, 0.2) is 42.5 Å². The summed E-state index contributed by atoms with van der Waals surface area (Å²) in [7, 11) is 0.770. The molecule has 2 aromatic rings. The summed E-state index contributed by atoms with van der Waals surface area (Å²) in [6.07, 6.45) is 9.21. The number of rotatable bonds is 7. The average Bonchev–Trinajstić information content (AvgIpc) is 2.92. The number of hydrogen-bond donors (Lipinski definition) is 1. The number of nitrogens with zero attached hydrogens (tertiary/aromatic N) is 1. The van der Waals surface area contributed by atoms with Crippen molar-refractivity contribution in [3.8, 4) is 35.6 Å². The smallest absolute Gasteiger partial charge is 0.378 e. The van der Waals surface area contributed by atoms with Gasteiger partial charge in [-0.1, -0.05) is 31.9 Å². The minimum absolute atomic E-state index is 0.0761. The fraction of sp³-hybridized carbons (Fsp3) is 0.357. The highest BCUT2D eigenvalue weighted by atomic mass is 19.3. The van der Waals surface area contributed by atoms with Crippen LogP contribution in [0.3, 0.4) is 0 Å². The van der Waals surface area contributed by atoms with Crippen molar-refractivity contribution >= 4 is 20.5 Å². The van der Waals surface area contributed by atoms with Gasteiger partial charge in [-0.2, -0.15) is 5.26 Å². The Morgan fingerprint density at radius 1 is 1.16 bits per heavy atom. The van der Waals surface area contributed by atoms with Crippen LogP contribution in [0.2, 0.25) is 6.82 Å². The molecule has 0 unspecified atom stereocenters. The van der Waals surface area contributed by atoms with Crippen LogP contribution in [0.25, 0.3) is 0 Å². The maximum atomic E-state index is 13.6. The van der Waals surface area contributed by atoms with Gasteiger partial charge in [0.1, 0.15) is 17.6 Å². The largest absolute Gasteiger partial charge is 0.478 e. The highest BCUT2D eigenvalue weighted by Gasteiger charge is 2.22. The third-order valence-corrected chi connectivity index (χ3v) is 6.00. The van der Waals surface area contributed by atoms with Gasteiger partial charge in [-0.3, -0.25) is 0 Å². The molecule has 0 amide bonds. The molecular weight excluding hydrogens is 488 g/mol. The second-order valence-corrected chi connectivity index (χ2v) is 8.80. The summed E-state index contributed by atoms with van der Waals surface area (Å²) in [4.78, 5) is 15.2. The normalized spacial score (nSPS) is 15.6. The molecule has 2 aromatic carbocycles. The number of carbonyl (C=O) groups is 1. The van der Waals surface area contributed by atoms with E-state index in [1.807, 2.05) is 18.1 Å². The van der Waals surface area contributed by atoms with E-state index in [0.717, 1.165) is 12.0 Å². The molecule has 1 aliphatic rings. The van der Waals surface area contributed by atoms with Gasteiger partial charge in [-0.15, -0.1) is 5.82 Å². The number of nitrogens with two attached hydrogens (primary N) is 1. The van der Waals surface area contributed by atoms with Crippen LogP contribution >= 0.6 is 0 Å². The summed E-state index contributed by atoms with van der Waals surface area (Å²) < 4.78 is 34.4. The maximum absolute atomic E-state index is 13.6. The van der Waals surface area contributed by atoms with E-state index in [0.29, 0.717) is 11.5 Å². The van der Waals surface area contributed by atoms with Crippen LogP contribution in [0.1, 0.15) is 72.9 Å². The van der Waals surface area contributed by atoms with Crippen LogP contribution in [0.5, 0.6) is 5.75 Å². The monoisotopic (exact) mass is 517 g/mol. The second kappa shape index (κ2) is 16.9. The van der Waals surface area contributed by atoms with Crippen molar-refractivity contribution in [3.05, 3.63) is 65.0 Å². The van der Waals surface area contributed by atoms with Crippen LogP contribution in [0, 0.1) is 46.8 Å². The van der Waals surface area contributed by atoms with Gasteiger partial charge in [0.2, 0.25) is 0 Å². The lowest BCUT2D eigenvalue weighted by Gasteiger charge is -2.28. The van der Waals surface area contributed by atoms with Crippen molar-refractivity contribution in [2.75, 3.05) is 0 Å². The van der Waals surface area contributed by atoms with Crippen molar-refractivity contribution in [2.24, 2.45) is 11.6 Å². The topological polar surface area (TPSA) is 94.6 Å². The minimum Gasteiger partial charge on any atom is -0.478 e. The number of esters is 1. The Labute approximate surface area is 224 Å². The van der Waals surface area contributed by atoms with Crippen molar-refractivity contribution in [1.82, 2.24) is 0 Å². The molecule has 2 N–H and O–H groups in total. The molecule has 0 spiro atoms. The van der Waals surface area contributed by atoms with Crippen LogP contribution < -0.4 is 10.4 Å². The van der Waals surface area contributed by atoms with Gasteiger partial charge in [0.05, 0.1) is 11.1 Å².